The molecule has 3 amide bonds. The highest BCUT2D eigenvalue weighted by Crippen LogP contribution is 2.28. The summed E-state index contributed by atoms with van der Waals surface area (Å²) in [6.45, 7) is 1.66. The minimum absolute atomic E-state index is 0.0594. The summed E-state index contributed by atoms with van der Waals surface area (Å²) < 4.78 is 0. The van der Waals surface area contributed by atoms with Crippen molar-refractivity contribution < 1.29 is 19.3 Å². The summed E-state index contributed by atoms with van der Waals surface area (Å²) in [5.74, 6) is -1.23. The van der Waals surface area contributed by atoms with Crippen LogP contribution in [0.25, 0.3) is 0 Å². The van der Waals surface area contributed by atoms with Gasteiger partial charge >= 0.3 is 0 Å². The minimum Gasteiger partial charge on any atom is -0.322 e. The summed E-state index contributed by atoms with van der Waals surface area (Å²) in [5, 5.41) is 13.5. The quantitative estimate of drug-likeness (QED) is 0.404. The van der Waals surface area contributed by atoms with Gasteiger partial charge in [-0.3, -0.25) is 24.5 Å². The molecule has 148 valence electrons. The molecule has 4 rings (SSSR count). The van der Waals surface area contributed by atoms with Crippen molar-refractivity contribution >= 4 is 34.8 Å². The average molecular weight is 401 g/mol. The van der Waals surface area contributed by atoms with Crippen molar-refractivity contribution in [2.24, 2.45) is 0 Å². The Morgan fingerprint density at radius 3 is 2.07 bits per heavy atom. The molecule has 0 spiro atoms. The molecule has 1 N–H and O–H groups in total. The predicted octanol–water partition coefficient (Wildman–Crippen LogP) is 3.96. The van der Waals surface area contributed by atoms with E-state index in [1.807, 2.05) is 0 Å². The average Bonchev–Trinajstić information content (AvgIpc) is 3.00. The summed E-state index contributed by atoms with van der Waals surface area (Å²) in [7, 11) is 0. The van der Waals surface area contributed by atoms with Gasteiger partial charge in [0, 0.05) is 23.4 Å². The molecule has 1 aliphatic heterocycles. The predicted molar refractivity (Wildman–Crippen MR) is 110 cm³/mol. The van der Waals surface area contributed by atoms with E-state index in [0.717, 1.165) is 4.90 Å². The summed E-state index contributed by atoms with van der Waals surface area (Å²) in [5.41, 5.74) is 2.32. The number of aryl methyl sites for hydroxylation is 1. The van der Waals surface area contributed by atoms with Crippen LogP contribution in [0.1, 0.15) is 36.6 Å². The molecule has 1 aliphatic rings. The van der Waals surface area contributed by atoms with Crippen LogP contribution in [0.2, 0.25) is 0 Å². The van der Waals surface area contributed by atoms with Crippen molar-refractivity contribution in [1.82, 2.24) is 0 Å². The third kappa shape index (κ3) is 3.20. The van der Waals surface area contributed by atoms with E-state index in [1.54, 1.807) is 31.2 Å². The number of anilines is 2. The molecule has 0 aromatic heterocycles. The molecule has 8 nitrogen and oxygen atoms in total. The van der Waals surface area contributed by atoms with Gasteiger partial charge in [-0.25, -0.2) is 4.90 Å². The molecule has 0 saturated carbocycles. The molecule has 1 heterocycles. The highest BCUT2D eigenvalue weighted by molar-refractivity contribution is 6.34. The molecule has 0 saturated heterocycles. The molecular weight excluding hydrogens is 386 g/mol. The summed E-state index contributed by atoms with van der Waals surface area (Å²) in [6.07, 6.45) is 0. The fraction of sp³-hybridized carbons (Fsp3) is 0.0455. The van der Waals surface area contributed by atoms with Crippen LogP contribution in [0, 0.1) is 17.0 Å². The maximum absolute atomic E-state index is 12.6. The third-order valence-electron chi connectivity index (χ3n) is 4.85. The lowest BCUT2D eigenvalue weighted by Crippen LogP contribution is -2.29. The van der Waals surface area contributed by atoms with E-state index < -0.39 is 22.6 Å². The fourth-order valence-corrected chi connectivity index (χ4v) is 3.28. The number of nitrogens with one attached hydrogen (secondary N) is 1. The number of nitro groups is 1. The van der Waals surface area contributed by atoms with E-state index in [0.29, 0.717) is 33.6 Å². The van der Waals surface area contributed by atoms with E-state index in [-0.39, 0.29) is 5.69 Å². The van der Waals surface area contributed by atoms with Gasteiger partial charge in [0.25, 0.3) is 23.4 Å². The molecule has 0 atom stereocenters. The number of hydrogen-bond acceptors (Lipinski definition) is 5. The largest absolute Gasteiger partial charge is 0.322 e. The van der Waals surface area contributed by atoms with E-state index >= 15 is 0 Å². The number of fused-ring (bicyclic) bond motifs is 1. The highest BCUT2D eigenvalue weighted by Gasteiger charge is 2.36. The van der Waals surface area contributed by atoms with Gasteiger partial charge in [-0.1, -0.05) is 12.1 Å². The maximum Gasteiger partial charge on any atom is 0.269 e. The van der Waals surface area contributed by atoms with Crippen molar-refractivity contribution in [2.75, 3.05) is 10.2 Å². The van der Waals surface area contributed by atoms with Crippen molar-refractivity contribution in [3.05, 3.63) is 99.1 Å². The number of nitrogens with zero attached hydrogens (tertiary/aromatic N) is 2. The third-order valence-corrected chi connectivity index (χ3v) is 4.85. The van der Waals surface area contributed by atoms with Crippen molar-refractivity contribution in [3.8, 4) is 0 Å². The van der Waals surface area contributed by atoms with E-state index in [4.69, 9.17) is 0 Å². The lowest BCUT2D eigenvalue weighted by atomic mass is 10.1. The highest BCUT2D eigenvalue weighted by atomic mass is 16.6. The van der Waals surface area contributed by atoms with E-state index in [9.17, 15) is 24.5 Å². The molecule has 8 heteroatoms. The van der Waals surface area contributed by atoms with Crippen LogP contribution in [-0.2, 0) is 0 Å². The van der Waals surface area contributed by atoms with Crippen LogP contribution in [0.5, 0.6) is 0 Å². The second kappa shape index (κ2) is 7.25. The number of carbonyl (C=O) groups excluding carboxylic acids is 3. The van der Waals surface area contributed by atoms with Gasteiger partial charge in [0.1, 0.15) is 0 Å². The molecule has 3 aromatic rings. The molecule has 3 aromatic carbocycles. The second-order valence-electron chi connectivity index (χ2n) is 6.75. The Morgan fingerprint density at radius 1 is 0.933 bits per heavy atom. The number of rotatable bonds is 4. The van der Waals surface area contributed by atoms with Crippen molar-refractivity contribution in [1.29, 1.82) is 0 Å². The van der Waals surface area contributed by atoms with Crippen LogP contribution >= 0.6 is 0 Å². The maximum atomic E-state index is 12.6. The first-order chi connectivity index (χ1) is 14.4. The Labute approximate surface area is 170 Å². The number of hydrogen-bond donors (Lipinski definition) is 1. The molecule has 0 fully saturated rings. The zero-order valence-corrected chi connectivity index (χ0v) is 15.8. The van der Waals surface area contributed by atoms with Crippen LogP contribution in [-0.4, -0.2) is 22.6 Å². The number of imide groups is 1. The number of nitro benzene ring substituents is 1. The van der Waals surface area contributed by atoms with E-state index in [2.05, 4.69) is 5.32 Å². The first-order valence-corrected chi connectivity index (χ1v) is 9.01. The first-order valence-electron chi connectivity index (χ1n) is 9.01. The number of carbonyl (C=O) groups is 3. The van der Waals surface area contributed by atoms with Crippen LogP contribution in [0.4, 0.5) is 17.1 Å². The molecule has 0 radical (unpaired) electrons. The summed E-state index contributed by atoms with van der Waals surface area (Å²) in [4.78, 5) is 49.1. The molecule has 0 bridgehead atoms. The Balaban J connectivity index is 1.53. The van der Waals surface area contributed by atoms with Crippen LogP contribution in [0.3, 0.4) is 0 Å². The number of benzene rings is 3. The Bertz CT molecular complexity index is 1180. The van der Waals surface area contributed by atoms with Crippen molar-refractivity contribution in [3.63, 3.8) is 0 Å². The van der Waals surface area contributed by atoms with Crippen LogP contribution in [0.15, 0.2) is 66.7 Å². The monoisotopic (exact) mass is 401 g/mol. The van der Waals surface area contributed by atoms with E-state index in [1.165, 1.54) is 42.5 Å². The normalized spacial score (nSPS) is 12.6. The number of amides is 3. The molecule has 0 unspecified atom stereocenters. The number of non-ortho nitro benzene ring substituents is 1. The fourth-order valence-electron chi connectivity index (χ4n) is 3.28. The van der Waals surface area contributed by atoms with Gasteiger partial charge in [-0.2, -0.15) is 0 Å². The van der Waals surface area contributed by atoms with Gasteiger partial charge in [0.05, 0.1) is 21.7 Å². The van der Waals surface area contributed by atoms with Gasteiger partial charge in [-0.05, 0) is 55.0 Å². The first kappa shape index (κ1) is 19.0. The lowest BCUT2D eigenvalue weighted by molar-refractivity contribution is -0.384. The minimum atomic E-state index is -0.503. The molecule has 30 heavy (non-hydrogen) atoms. The zero-order chi connectivity index (χ0) is 21.4. The standard InChI is InChI=1S/C22H15N3O5/c1-13-12-16(25(29)30)10-11-19(13)23-20(26)14-6-8-15(9-7-14)24-21(27)17-4-2-3-5-18(17)22(24)28/h2-12H,1H3,(H,23,26). The van der Waals surface area contributed by atoms with Crippen LogP contribution < -0.4 is 10.2 Å². The molecular formula is C22H15N3O5. The van der Waals surface area contributed by atoms with Gasteiger partial charge < -0.3 is 5.32 Å². The van der Waals surface area contributed by atoms with Gasteiger partial charge in [0.15, 0.2) is 0 Å². The Hall–Kier alpha value is -4.33. The Morgan fingerprint density at radius 2 is 1.53 bits per heavy atom. The smallest absolute Gasteiger partial charge is 0.269 e. The lowest BCUT2D eigenvalue weighted by Gasteiger charge is -2.14. The summed E-state index contributed by atoms with van der Waals surface area (Å²) in [6, 6.07) is 16.8. The zero-order valence-electron chi connectivity index (χ0n) is 15.8. The van der Waals surface area contributed by atoms with Crippen molar-refractivity contribution in [2.45, 2.75) is 6.92 Å². The SMILES string of the molecule is Cc1cc([N+](=O)[O-])ccc1NC(=O)c1ccc(N2C(=O)c3ccccc3C2=O)cc1. The van der Waals surface area contributed by atoms with Gasteiger partial charge in [-0.15, -0.1) is 0 Å². The second-order valence-corrected chi connectivity index (χ2v) is 6.75. The summed E-state index contributed by atoms with van der Waals surface area (Å²) >= 11 is 0. The van der Waals surface area contributed by atoms with Gasteiger partial charge in [0.2, 0.25) is 0 Å². The molecule has 0 aliphatic carbocycles. The Kier molecular flexibility index (Phi) is 4.59. The topological polar surface area (TPSA) is 110 Å².